The monoisotopic (exact) mass is 484 g/mol. The molecule has 0 aliphatic rings. The van der Waals surface area contributed by atoms with Crippen molar-refractivity contribution in [3.05, 3.63) is 77.0 Å². The molecule has 5 aromatic rings. The van der Waals surface area contributed by atoms with Crippen LogP contribution in [0.25, 0.3) is 32.9 Å². The molecule has 8 nitrogen and oxygen atoms in total. The molecule has 2 aromatic carbocycles. The van der Waals surface area contributed by atoms with Gasteiger partial charge in [-0.05, 0) is 37.3 Å². The Morgan fingerprint density at radius 1 is 1.09 bits per heavy atom. The number of hydrogen-bond acceptors (Lipinski definition) is 5. The van der Waals surface area contributed by atoms with Crippen LogP contribution in [-0.2, 0) is 17.1 Å². The fourth-order valence-electron chi connectivity index (χ4n) is 3.83. The van der Waals surface area contributed by atoms with Gasteiger partial charge in [0, 0.05) is 47.4 Å². The third kappa shape index (κ3) is 3.45. The van der Waals surface area contributed by atoms with Crippen molar-refractivity contribution >= 4 is 31.8 Å². The van der Waals surface area contributed by atoms with Crippen molar-refractivity contribution in [3.63, 3.8) is 0 Å². The smallest absolute Gasteiger partial charge is 0.274 e. The number of aromatic amines is 1. The van der Waals surface area contributed by atoms with E-state index in [4.69, 9.17) is 4.74 Å². The zero-order chi connectivity index (χ0) is 24.2. The molecular formula is C23H18F2N4O4S. The summed E-state index contributed by atoms with van der Waals surface area (Å²) in [5.74, 6) is -1.86. The van der Waals surface area contributed by atoms with E-state index in [1.54, 1.807) is 31.6 Å². The summed E-state index contributed by atoms with van der Waals surface area (Å²) in [6, 6.07) is 7.74. The van der Waals surface area contributed by atoms with E-state index in [0.29, 0.717) is 39.0 Å². The second-order valence-corrected chi connectivity index (χ2v) is 9.78. The number of ether oxygens (including phenoxy) is 1. The van der Waals surface area contributed by atoms with Gasteiger partial charge >= 0.3 is 0 Å². The fraction of sp³-hybridized carbons (Fsp3) is 0.130. The van der Waals surface area contributed by atoms with Gasteiger partial charge in [-0.1, -0.05) is 0 Å². The zero-order valence-electron chi connectivity index (χ0n) is 18.0. The molecule has 0 saturated carbocycles. The minimum absolute atomic E-state index is 0.167. The van der Waals surface area contributed by atoms with E-state index < -0.39 is 21.7 Å². The Balaban J connectivity index is 1.83. The highest BCUT2D eigenvalue weighted by Gasteiger charge is 2.21. The van der Waals surface area contributed by atoms with Crippen LogP contribution in [0.1, 0.15) is 6.92 Å². The lowest BCUT2D eigenvalue weighted by Gasteiger charge is -2.15. The molecule has 0 bridgehead atoms. The number of halogens is 2. The molecular weight excluding hydrogens is 466 g/mol. The van der Waals surface area contributed by atoms with Gasteiger partial charge in [-0.2, -0.15) is 9.19 Å². The summed E-state index contributed by atoms with van der Waals surface area (Å²) in [6.45, 7) is 1.51. The predicted octanol–water partition coefficient (Wildman–Crippen LogP) is 4.15. The normalized spacial score (nSPS) is 12.0. The van der Waals surface area contributed by atoms with Crippen LogP contribution in [0.4, 0.5) is 8.78 Å². The number of fused-ring (bicyclic) bond motifs is 2. The lowest BCUT2D eigenvalue weighted by Crippen LogP contribution is -2.17. The second-order valence-electron chi connectivity index (χ2n) is 7.70. The third-order valence-corrected chi connectivity index (χ3v) is 7.11. The molecule has 0 amide bonds. The number of rotatable bonds is 5. The van der Waals surface area contributed by atoms with Crippen molar-refractivity contribution in [3.8, 4) is 22.6 Å². The van der Waals surface area contributed by atoms with Gasteiger partial charge in [-0.25, -0.2) is 17.2 Å². The minimum atomic E-state index is -3.71. The quantitative estimate of drug-likeness (QED) is 0.404. The Bertz CT molecular complexity index is 1750. The number of pyridine rings is 1. The van der Waals surface area contributed by atoms with Crippen molar-refractivity contribution in [1.29, 1.82) is 0 Å². The van der Waals surface area contributed by atoms with Crippen LogP contribution in [0.3, 0.4) is 0 Å². The molecule has 0 radical (unpaired) electrons. The van der Waals surface area contributed by atoms with Crippen LogP contribution < -0.4 is 10.3 Å². The number of aromatic nitrogens is 4. The standard InChI is InChI=1S/C23H18F2N4O4S/c1-3-34(31,32)29-19-10-16(17-12-28(2)23(30)22-15(17)6-7-26-22)21(8-13(19)11-27-29)33-20-5-4-14(24)9-18(20)25/h4-12,26H,3H2,1-2H3. The van der Waals surface area contributed by atoms with Gasteiger partial charge in [0.15, 0.2) is 11.6 Å². The first kappa shape index (κ1) is 21.8. The molecule has 0 spiro atoms. The molecule has 1 N–H and O–H groups in total. The van der Waals surface area contributed by atoms with Gasteiger partial charge in [-0.3, -0.25) is 4.79 Å². The average Bonchev–Trinajstić information content (AvgIpc) is 3.45. The van der Waals surface area contributed by atoms with E-state index in [0.717, 1.165) is 16.2 Å². The lowest BCUT2D eigenvalue weighted by molar-refractivity contribution is 0.439. The molecule has 3 heterocycles. The third-order valence-electron chi connectivity index (χ3n) is 5.56. The van der Waals surface area contributed by atoms with Gasteiger partial charge in [0.1, 0.15) is 17.1 Å². The summed E-state index contributed by atoms with van der Waals surface area (Å²) < 4.78 is 61.1. The first-order valence-corrected chi connectivity index (χ1v) is 11.9. The summed E-state index contributed by atoms with van der Waals surface area (Å²) in [5.41, 5.74) is 1.31. The lowest BCUT2D eigenvalue weighted by atomic mass is 10.0. The molecule has 0 atom stereocenters. The van der Waals surface area contributed by atoms with Crippen LogP contribution in [-0.4, -0.2) is 32.9 Å². The molecule has 5 rings (SSSR count). The van der Waals surface area contributed by atoms with Crippen molar-refractivity contribution < 1.29 is 21.9 Å². The highest BCUT2D eigenvalue weighted by atomic mass is 32.2. The summed E-state index contributed by atoms with van der Waals surface area (Å²) in [7, 11) is -2.13. The van der Waals surface area contributed by atoms with E-state index in [1.165, 1.54) is 23.8 Å². The Morgan fingerprint density at radius 3 is 2.62 bits per heavy atom. The van der Waals surface area contributed by atoms with E-state index in [2.05, 4.69) is 10.1 Å². The van der Waals surface area contributed by atoms with E-state index >= 15 is 0 Å². The first-order valence-electron chi connectivity index (χ1n) is 10.2. The zero-order valence-corrected chi connectivity index (χ0v) is 18.9. The predicted molar refractivity (Wildman–Crippen MR) is 124 cm³/mol. The number of H-pyrrole nitrogens is 1. The molecule has 0 aliphatic carbocycles. The highest BCUT2D eigenvalue weighted by Crippen LogP contribution is 2.40. The number of benzene rings is 2. The number of hydrogen-bond donors (Lipinski definition) is 1. The average molecular weight is 484 g/mol. The van der Waals surface area contributed by atoms with E-state index in [1.807, 2.05) is 0 Å². The van der Waals surface area contributed by atoms with E-state index in [-0.39, 0.29) is 22.8 Å². The maximum atomic E-state index is 14.4. The topological polar surface area (TPSA) is 99.0 Å². The van der Waals surface area contributed by atoms with Gasteiger partial charge in [-0.15, -0.1) is 0 Å². The number of aryl methyl sites for hydroxylation is 1. The summed E-state index contributed by atoms with van der Waals surface area (Å²) in [5, 5.41) is 5.03. The minimum Gasteiger partial charge on any atom is -0.454 e. The largest absolute Gasteiger partial charge is 0.454 e. The van der Waals surface area contributed by atoms with Crippen molar-refractivity contribution in [2.75, 3.05) is 5.75 Å². The fourth-order valence-corrected chi connectivity index (χ4v) is 4.72. The molecule has 11 heteroatoms. The molecule has 0 unspecified atom stereocenters. The summed E-state index contributed by atoms with van der Waals surface area (Å²) in [6.07, 6.45) is 4.56. The van der Waals surface area contributed by atoms with Gasteiger partial charge in [0.25, 0.3) is 15.6 Å². The van der Waals surface area contributed by atoms with Gasteiger partial charge in [0.2, 0.25) is 0 Å². The Kier molecular flexibility index (Phi) is 5.01. The molecule has 0 fully saturated rings. The van der Waals surface area contributed by atoms with E-state index in [9.17, 15) is 22.0 Å². The maximum absolute atomic E-state index is 14.4. The summed E-state index contributed by atoms with van der Waals surface area (Å²) in [4.78, 5) is 15.5. The molecule has 3 aromatic heterocycles. The van der Waals surface area contributed by atoms with Crippen molar-refractivity contribution in [2.24, 2.45) is 7.05 Å². The summed E-state index contributed by atoms with van der Waals surface area (Å²) >= 11 is 0. The van der Waals surface area contributed by atoms with Gasteiger partial charge < -0.3 is 14.3 Å². The van der Waals surface area contributed by atoms with Crippen LogP contribution in [0.2, 0.25) is 0 Å². The molecule has 174 valence electrons. The Labute approximate surface area is 192 Å². The SMILES string of the molecule is CCS(=O)(=O)n1ncc2cc(Oc3ccc(F)cc3F)c(-c3cn(C)c(=O)c4[nH]ccc34)cc21. The second kappa shape index (κ2) is 7.80. The van der Waals surface area contributed by atoms with Crippen LogP contribution >= 0.6 is 0 Å². The Morgan fingerprint density at radius 2 is 1.88 bits per heavy atom. The maximum Gasteiger partial charge on any atom is 0.274 e. The van der Waals surface area contributed by atoms with Crippen LogP contribution in [0.15, 0.2) is 59.8 Å². The van der Waals surface area contributed by atoms with Crippen molar-refractivity contribution in [1.82, 2.24) is 18.7 Å². The Hall–Kier alpha value is -3.99. The van der Waals surface area contributed by atoms with Gasteiger partial charge in [0.05, 0.1) is 17.5 Å². The first-order chi connectivity index (χ1) is 16.2. The van der Waals surface area contributed by atoms with Crippen LogP contribution in [0, 0.1) is 11.6 Å². The van der Waals surface area contributed by atoms with Crippen LogP contribution in [0.5, 0.6) is 11.5 Å². The molecule has 0 saturated heterocycles. The molecule has 0 aliphatic heterocycles. The highest BCUT2D eigenvalue weighted by molar-refractivity contribution is 7.89. The van der Waals surface area contributed by atoms with Crippen molar-refractivity contribution in [2.45, 2.75) is 6.92 Å². The number of nitrogens with zero attached hydrogens (tertiary/aromatic N) is 3. The molecule has 34 heavy (non-hydrogen) atoms. The number of nitrogens with one attached hydrogen (secondary N) is 1.